The van der Waals surface area contributed by atoms with Crippen LogP contribution >= 0.6 is 0 Å². The molecule has 2 aliphatic rings. The summed E-state index contributed by atoms with van der Waals surface area (Å²) in [6.45, 7) is 3.31. The largest absolute Gasteiger partial charge is 0.396 e. The van der Waals surface area contributed by atoms with Crippen molar-refractivity contribution in [1.29, 1.82) is 0 Å². The van der Waals surface area contributed by atoms with E-state index in [-0.39, 0.29) is 5.41 Å². The van der Waals surface area contributed by atoms with Gasteiger partial charge in [-0.05, 0) is 38.6 Å². The molecule has 82 valence electrons. The predicted octanol–water partition coefficient (Wildman–Crippen LogP) is 0.918. The van der Waals surface area contributed by atoms with Crippen LogP contribution in [0.2, 0.25) is 0 Å². The lowest BCUT2D eigenvalue weighted by Gasteiger charge is -2.14. The van der Waals surface area contributed by atoms with Gasteiger partial charge in [-0.3, -0.25) is 0 Å². The predicted molar refractivity (Wildman–Crippen MR) is 55.2 cm³/mol. The van der Waals surface area contributed by atoms with Crippen LogP contribution in [0.4, 0.5) is 0 Å². The van der Waals surface area contributed by atoms with Crippen molar-refractivity contribution in [2.75, 3.05) is 26.3 Å². The topological polar surface area (TPSA) is 41.5 Å². The molecule has 1 unspecified atom stereocenters. The van der Waals surface area contributed by atoms with Gasteiger partial charge >= 0.3 is 0 Å². The average Bonchev–Trinajstić information content (AvgIpc) is 2.81. The summed E-state index contributed by atoms with van der Waals surface area (Å²) in [4.78, 5) is 0. The minimum atomic E-state index is 0.247. The summed E-state index contributed by atoms with van der Waals surface area (Å²) in [5, 5.41) is 12.5. The summed E-state index contributed by atoms with van der Waals surface area (Å²) in [7, 11) is 0. The maximum atomic E-state index is 9.10. The highest BCUT2D eigenvalue weighted by Gasteiger charge is 2.41. The highest BCUT2D eigenvalue weighted by molar-refractivity contribution is 4.94. The molecule has 0 aromatic rings. The van der Waals surface area contributed by atoms with Gasteiger partial charge in [0, 0.05) is 25.2 Å². The van der Waals surface area contributed by atoms with Crippen LogP contribution in [0.5, 0.6) is 0 Å². The molecule has 1 heterocycles. The summed E-state index contributed by atoms with van der Waals surface area (Å²) in [6, 6.07) is 0. The molecule has 1 saturated heterocycles. The molecule has 1 atom stereocenters. The molecule has 3 nitrogen and oxygen atoms in total. The van der Waals surface area contributed by atoms with Gasteiger partial charge in [0.15, 0.2) is 0 Å². The van der Waals surface area contributed by atoms with Gasteiger partial charge in [-0.2, -0.15) is 0 Å². The first-order chi connectivity index (χ1) is 6.85. The second-order valence-electron chi connectivity index (χ2n) is 4.76. The molecular formula is C11H21NO2. The molecule has 0 radical (unpaired) electrons. The molecule has 2 rings (SSSR count). The third-order valence-electron chi connectivity index (χ3n) is 3.46. The normalized spacial score (nSPS) is 29.4. The third kappa shape index (κ3) is 2.69. The smallest absolute Gasteiger partial charge is 0.0588 e. The Balaban J connectivity index is 1.50. The fraction of sp³-hybridized carbons (Fsp3) is 1.00. The number of hydrogen-bond acceptors (Lipinski definition) is 3. The fourth-order valence-electron chi connectivity index (χ4n) is 2.06. The quantitative estimate of drug-likeness (QED) is 0.625. The van der Waals surface area contributed by atoms with E-state index in [0.29, 0.717) is 12.7 Å². The van der Waals surface area contributed by atoms with E-state index in [1.54, 1.807) is 0 Å². The van der Waals surface area contributed by atoms with Gasteiger partial charge in [-0.25, -0.2) is 0 Å². The molecular weight excluding hydrogens is 178 g/mol. The molecule has 14 heavy (non-hydrogen) atoms. The molecule has 2 fully saturated rings. The van der Waals surface area contributed by atoms with Crippen LogP contribution in [0.15, 0.2) is 0 Å². The van der Waals surface area contributed by atoms with Gasteiger partial charge in [0.2, 0.25) is 0 Å². The van der Waals surface area contributed by atoms with Gasteiger partial charge in [0.1, 0.15) is 0 Å². The zero-order chi connectivity index (χ0) is 9.86. The van der Waals surface area contributed by atoms with E-state index >= 15 is 0 Å². The van der Waals surface area contributed by atoms with Crippen molar-refractivity contribution in [1.82, 2.24) is 5.32 Å². The lowest BCUT2D eigenvalue weighted by molar-refractivity contribution is 0.103. The standard InChI is InChI=1S/C11H21NO2/c13-9-11(4-5-11)8-12-6-3-10-2-1-7-14-10/h10,12-13H,1-9H2. The van der Waals surface area contributed by atoms with Crippen LogP contribution in [0, 0.1) is 5.41 Å². The van der Waals surface area contributed by atoms with Gasteiger partial charge in [0.25, 0.3) is 0 Å². The Morgan fingerprint density at radius 2 is 2.29 bits per heavy atom. The van der Waals surface area contributed by atoms with Gasteiger partial charge < -0.3 is 15.2 Å². The van der Waals surface area contributed by atoms with E-state index in [1.165, 1.54) is 25.7 Å². The van der Waals surface area contributed by atoms with Gasteiger partial charge in [-0.1, -0.05) is 0 Å². The van der Waals surface area contributed by atoms with E-state index < -0.39 is 0 Å². The monoisotopic (exact) mass is 199 g/mol. The minimum absolute atomic E-state index is 0.247. The van der Waals surface area contributed by atoms with Crippen molar-refractivity contribution >= 4 is 0 Å². The number of aliphatic hydroxyl groups is 1. The van der Waals surface area contributed by atoms with Gasteiger partial charge in [-0.15, -0.1) is 0 Å². The van der Waals surface area contributed by atoms with Crippen LogP contribution in [0.25, 0.3) is 0 Å². The van der Waals surface area contributed by atoms with Crippen LogP contribution in [0.1, 0.15) is 32.1 Å². The molecule has 0 bridgehead atoms. The zero-order valence-electron chi connectivity index (χ0n) is 8.80. The highest BCUT2D eigenvalue weighted by atomic mass is 16.5. The van der Waals surface area contributed by atoms with Crippen LogP contribution in [0.3, 0.4) is 0 Å². The van der Waals surface area contributed by atoms with Crippen molar-refractivity contribution in [3.05, 3.63) is 0 Å². The fourth-order valence-corrected chi connectivity index (χ4v) is 2.06. The van der Waals surface area contributed by atoms with Crippen molar-refractivity contribution in [3.8, 4) is 0 Å². The van der Waals surface area contributed by atoms with E-state index in [1.807, 2.05) is 0 Å². The molecule has 2 N–H and O–H groups in total. The second-order valence-corrected chi connectivity index (χ2v) is 4.76. The summed E-state index contributed by atoms with van der Waals surface area (Å²) >= 11 is 0. The number of nitrogens with one attached hydrogen (secondary N) is 1. The summed E-state index contributed by atoms with van der Waals surface area (Å²) in [6.07, 6.45) is 6.46. The Kier molecular flexibility index (Phi) is 3.42. The Morgan fingerprint density at radius 1 is 1.43 bits per heavy atom. The van der Waals surface area contributed by atoms with E-state index in [4.69, 9.17) is 9.84 Å². The summed E-state index contributed by atoms with van der Waals surface area (Å²) in [5.74, 6) is 0. The summed E-state index contributed by atoms with van der Waals surface area (Å²) < 4.78 is 5.54. The molecule has 0 spiro atoms. The molecule has 1 aliphatic carbocycles. The first kappa shape index (κ1) is 10.4. The van der Waals surface area contributed by atoms with Crippen LogP contribution in [-0.2, 0) is 4.74 Å². The molecule has 0 amide bonds. The zero-order valence-corrected chi connectivity index (χ0v) is 8.80. The Bertz CT molecular complexity index is 174. The minimum Gasteiger partial charge on any atom is -0.396 e. The van der Waals surface area contributed by atoms with E-state index in [9.17, 15) is 0 Å². The molecule has 0 aromatic carbocycles. The first-order valence-corrected chi connectivity index (χ1v) is 5.78. The number of rotatable bonds is 6. The maximum absolute atomic E-state index is 9.10. The van der Waals surface area contributed by atoms with Crippen molar-refractivity contribution in [3.63, 3.8) is 0 Å². The summed E-state index contributed by atoms with van der Waals surface area (Å²) in [5.41, 5.74) is 0.247. The van der Waals surface area contributed by atoms with Crippen LogP contribution < -0.4 is 5.32 Å². The van der Waals surface area contributed by atoms with E-state index in [2.05, 4.69) is 5.32 Å². The lowest BCUT2D eigenvalue weighted by atomic mass is 10.1. The number of ether oxygens (including phenoxy) is 1. The van der Waals surface area contributed by atoms with Crippen LogP contribution in [-0.4, -0.2) is 37.5 Å². The molecule has 3 heteroatoms. The lowest BCUT2D eigenvalue weighted by Crippen LogP contribution is -2.28. The van der Waals surface area contributed by atoms with Crippen molar-refractivity contribution in [2.45, 2.75) is 38.2 Å². The number of aliphatic hydroxyl groups excluding tert-OH is 1. The van der Waals surface area contributed by atoms with Crippen molar-refractivity contribution < 1.29 is 9.84 Å². The maximum Gasteiger partial charge on any atom is 0.0588 e. The Morgan fingerprint density at radius 3 is 2.86 bits per heavy atom. The molecule has 1 aliphatic heterocycles. The first-order valence-electron chi connectivity index (χ1n) is 5.78. The average molecular weight is 199 g/mol. The highest BCUT2D eigenvalue weighted by Crippen LogP contribution is 2.44. The Labute approximate surface area is 85.8 Å². The Hall–Kier alpha value is -0.120. The van der Waals surface area contributed by atoms with Gasteiger partial charge in [0.05, 0.1) is 6.10 Å². The van der Waals surface area contributed by atoms with E-state index in [0.717, 1.165) is 26.1 Å². The molecule has 0 aromatic heterocycles. The molecule has 1 saturated carbocycles. The third-order valence-corrected chi connectivity index (χ3v) is 3.46. The SMILES string of the molecule is OCC1(CNCCC2CCCO2)CC1. The number of hydrogen-bond donors (Lipinski definition) is 2. The second kappa shape index (κ2) is 4.60. The van der Waals surface area contributed by atoms with Crippen molar-refractivity contribution in [2.24, 2.45) is 5.41 Å².